The molecular formula is C26H28N2O3. The van der Waals surface area contributed by atoms with Gasteiger partial charge < -0.3 is 10.1 Å². The number of amides is 1. The molecule has 0 bridgehead atoms. The number of fused-ring (bicyclic) bond motifs is 2. The van der Waals surface area contributed by atoms with Crippen molar-refractivity contribution in [1.82, 2.24) is 4.98 Å². The third-order valence-corrected chi connectivity index (χ3v) is 6.09. The summed E-state index contributed by atoms with van der Waals surface area (Å²) in [6, 6.07) is 13.5. The number of nitrogens with one attached hydrogen (secondary N) is 1. The molecule has 160 valence electrons. The first-order chi connectivity index (χ1) is 14.8. The molecule has 2 aromatic carbocycles. The van der Waals surface area contributed by atoms with Crippen molar-refractivity contribution in [2.45, 2.75) is 53.1 Å². The molecule has 0 radical (unpaired) electrons. The quantitative estimate of drug-likeness (QED) is 0.597. The third-order valence-electron chi connectivity index (χ3n) is 6.09. The number of hydrogen-bond donors (Lipinski definition) is 1. The second kappa shape index (κ2) is 8.50. The highest BCUT2D eigenvalue weighted by atomic mass is 16.5. The van der Waals surface area contributed by atoms with Crippen molar-refractivity contribution in [3.05, 3.63) is 70.4 Å². The van der Waals surface area contributed by atoms with E-state index in [4.69, 9.17) is 9.72 Å². The second-order valence-corrected chi connectivity index (χ2v) is 8.58. The first kappa shape index (κ1) is 21.0. The maximum atomic E-state index is 13.3. The number of aryl methyl sites for hydroxylation is 3. The number of pyridine rings is 1. The van der Waals surface area contributed by atoms with E-state index in [2.05, 4.69) is 12.2 Å². The molecule has 5 nitrogen and oxygen atoms in total. The van der Waals surface area contributed by atoms with Crippen molar-refractivity contribution in [2.24, 2.45) is 5.92 Å². The maximum absolute atomic E-state index is 13.3. The van der Waals surface area contributed by atoms with E-state index in [1.165, 1.54) is 0 Å². The molecule has 31 heavy (non-hydrogen) atoms. The zero-order valence-electron chi connectivity index (χ0n) is 18.5. The fourth-order valence-corrected chi connectivity index (χ4v) is 4.31. The van der Waals surface area contributed by atoms with Gasteiger partial charge in [0.15, 0.2) is 6.10 Å². The van der Waals surface area contributed by atoms with Crippen molar-refractivity contribution < 1.29 is 14.3 Å². The summed E-state index contributed by atoms with van der Waals surface area (Å²) in [7, 11) is 0. The first-order valence-corrected chi connectivity index (χ1v) is 10.8. The van der Waals surface area contributed by atoms with E-state index < -0.39 is 12.1 Å². The van der Waals surface area contributed by atoms with Crippen LogP contribution in [0.5, 0.6) is 0 Å². The summed E-state index contributed by atoms with van der Waals surface area (Å²) in [4.78, 5) is 30.9. The smallest absolute Gasteiger partial charge is 0.339 e. The van der Waals surface area contributed by atoms with E-state index in [9.17, 15) is 9.59 Å². The van der Waals surface area contributed by atoms with Crippen LogP contribution in [0.2, 0.25) is 0 Å². The number of anilines is 1. The topological polar surface area (TPSA) is 68.3 Å². The molecule has 1 aliphatic rings. The molecule has 3 aromatic rings. The maximum Gasteiger partial charge on any atom is 0.339 e. The monoisotopic (exact) mass is 416 g/mol. The van der Waals surface area contributed by atoms with Gasteiger partial charge in [-0.25, -0.2) is 4.79 Å². The van der Waals surface area contributed by atoms with E-state index >= 15 is 0 Å². The summed E-state index contributed by atoms with van der Waals surface area (Å²) in [5.41, 5.74) is 5.97. The standard InChI is InChI=1S/C26H28N2O3/c1-15-12-13-22-20(14-15)23(19-10-5-6-11-21(19)27-22)26(30)31-18(4)25(29)28-24-16(2)8-7-9-17(24)3/h5-11,15,18H,12-14H2,1-4H3,(H,28,29)/t15-,18-/m0/s1. The van der Waals surface area contributed by atoms with Gasteiger partial charge in [-0.05, 0) is 68.7 Å². The molecule has 0 fully saturated rings. The van der Waals surface area contributed by atoms with E-state index in [1.54, 1.807) is 6.92 Å². The minimum atomic E-state index is -0.921. The van der Waals surface area contributed by atoms with Crippen molar-refractivity contribution in [2.75, 3.05) is 5.32 Å². The van der Waals surface area contributed by atoms with E-state index in [1.807, 2.05) is 56.3 Å². The number of rotatable bonds is 4. The van der Waals surface area contributed by atoms with Gasteiger partial charge in [-0.3, -0.25) is 9.78 Å². The summed E-state index contributed by atoms with van der Waals surface area (Å²) in [6.45, 7) is 7.68. The Morgan fingerprint density at radius 2 is 1.81 bits per heavy atom. The Morgan fingerprint density at radius 1 is 1.10 bits per heavy atom. The van der Waals surface area contributed by atoms with Gasteiger partial charge >= 0.3 is 5.97 Å². The molecular weight excluding hydrogens is 388 g/mol. The van der Waals surface area contributed by atoms with Gasteiger partial charge in [0.1, 0.15) is 0 Å². The van der Waals surface area contributed by atoms with Crippen LogP contribution in [-0.4, -0.2) is 23.0 Å². The zero-order valence-corrected chi connectivity index (χ0v) is 18.5. The Hall–Kier alpha value is -3.21. The Morgan fingerprint density at radius 3 is 2.55 bits per heavy atom. The average molecular weight is 417 g/mol. The molecule has 1 amide bonds. The molecule has 1 aliphatic carbocycles. The molecule has 0 saturated heterocycles. The van der Waals surface area contributed by atoms with Gasteiger partial charge in [0, 0.05) is 16.8 Å². The predicted octanol–water partition coefficient (Wildman–Crippen LogP) is 5.16. The number of carbonyl (C=O) groups excluding carboxylic acids is 2. The number of carbonyl (C=O) groups is 2. The van der Waals surface area contributed by atoms with Gasteiger partial charge in [-0.15, -0.1) is 0 Å². The van der Waals surface area contributed by atoms with Crippen LogP contribution >= 0.6 is 0 Å². The Kier molecular flexibility index (Phi) is 5.77. The van der Waals surface area contributed by atoms with Gasteiger partial charge in [-0.2, -0.15) is 0 Å². The molecule has 0 saturated carbocycles. The third kappa shape index (κ3) is 4.18. The van der Waals surface area contributed by atoms with Crippen LogP contribution in [0.1, 0.15) is 53.0 Å². The van der Waals surface area contributed by atoms with Crippen LogP contribution in [0.25, 0.3) is 10.9 Å². The van der Waals surface area contributed by atoms with E-state index in [0.717, 1.165) is 58.2 Å². The molecule has 1 N–H and O–H groups in total. The number of nitrogens with zero attached hydrogens (tertiary/aromatic N) is 1. The van der Waals surface area contributed by atoms with Crippen LogP contribution in [0, 0.1) is 19.8 Å². The molecule has 5 heteroatoms. The lowest BCUT2D eigenvalue weighted by Gasteiger charge is -2.24. The first-order valence-electron chi connectivity index (χ1n) is 10.8. The normalized spacial score (nSPS) is 16.5. The van der Waals surface area contributed by atoms with Gasteiger partial charge in [0.2, 0.25) is 0 Å². The predicted molar refractivity (Wildman–Crippen MR) is 122 cm³/mol. The van der Waals surface area contributed by atoms with Gasteiger partial charge in [-0.1, -0.05) is 43.3 Å². The van der Waals surface area contributed by atoms with Crippen molar-refractivity contribution in [3.63, 3.8) is 0 Å². The van der Waals surface area contributed by atoms with Crippen molar-refractivity contribution in [1.29, 1.82) is 0 Å². The number of ether oxygens (including phenoxy) is 1. The largest absolute Gasteiger partial charge is 0.449 e. The lowest BCUT2D eigenvalue weighted by Crippen LogP contribution is -2.31. The summed E-state index contributed by atoms with van der Waals surface area (Å²) in [5, 5.41) is 3.69. The van der Waals surface area contributed by atoms with Crippen LogP contribution < -0.4 is 5.32 Å². The summed E-state index contributed by atoms with van der Waals surface area (Å²) in [6.07, 6.45) is 1.78. The second-order valence-electron chi connectivity index (χ2n) is 8.58. The molecule has 0 unspecified atom stereocenters. The number of para-hydroxylation sites is 2. The molecule has 2 atom stereocenters. The number of esters is 1. The SMILES string of the molecule is Cc1cccc(C)c1NC(=O)[C@H](C)OC(=O)c1c2c(nc3ccccc13)CC[C@H](C)C2. The van der Waals surface area contributed by atoms with Crippen molar-refractivity contribution in [3.8, 4) is 0 Å². The molecule has 1 aromatic heterocycles. The van der Waals surface area contributed by atoms with E-state index in [-0.39, 0.29) is 5.91 Å². The highest BCUT2D eigenvalue weighted by Crippen LogP contribution is 2.32. The zero-order chi connectivity index (χ0) is 22.1. The van der Waals surface area contributed by atoms with Crippen LogP contribution in [0.3, 0.4) is 0 Å². The molecule has 4 rings (SSSR count). The fourth-order valence-electron chi connectivity index (χ4n) is 4.31. The highest BCUT2D eigenvalue weighted by molar-refractivity contribution is 6.06. The Bertz CT molecular complexity index is 1150. The molecule has 1 heterocycles. The van der Waals surface area contributed by atoms with Crippen LogP contribution in [0.15, 0.2) is 42.5 Å². The lowest BCUT2D eigenvalue weighted by molar-refractivity contribution is -0.123. The van der Waals surface area contributed by atoms with Gasteiger partial charge in [0.05, 0.1) is 11.1 Å². The summed E-state index contributed by atoms with van der Waals surface area (Å²) in [5.74, 6) is -0.328. The average Bonchev–Trinajstić information content (AvgIpc) is 2.74. The molecule has 0 aliphatic heterocycles. The minimum Gasteiger partial charge on any atom is -0.449 e. The highest BCUT2D eigenvalue weighted by Gasteiger charge is 2.28. The van der Waals surface area contributed by atoms with Crippen molar-refractivity contribution >= 4 is 28.5 Å². The summed E-state index contributed by atoms with van der Waals surface area (Å²) < 4.78 is 5.68. The lowest BCUT2D eigenvalue weighted by atomic mass is 9.84. The Labute approximate surface area is 182 Å². The summed E-state index contributed by atoms with van der Waals surface area (Å²) >= 11 is 0. The van der Waals surface area contributed by atoms with Crippen LogP contribution in [0.4, 0.5) is 5.69 Å². The Balaban J connectivity index is 1.62. The number of aromatic nitrogens is 1. The van der Waals surface area contributed by atoms with Crippen LogP contribution in [-0.2, 0) is 22.4 Å². The number of benzene rings is 2. The number of hydrogen-bond acceptors (Lipinski definition) is 4. The van der Waals surface area contributed by atoms with Gasteiger partial charge in [0.25, 0.3) is 5.91 Å². The minimum absolute atomic E-state index is 0.341. The molecule has 0 spiro atoms. The van der Waals surface area contributed by atoms with E-state index in [0.29, 0.717) is 11.5 Å². The fraction of sp³-hybridized carbons (Fsp3) is 0.346.